The molecule has 0 N–H and O–H groups in total. The monoisotopic (exact) mass is 366 g/mol. The van der Waals surface area contributed by atoms with E-state index < -0.39 is 0 Å². The number of fused-ring (bicyclic) bond motifs is 5. The van der Waals surface area contributed by atoms with E-state index in [9.17, 15) is 9.59 Å². The molecule has 142 valence electrons. The van der Waals surface area contributed by atoms with Crippen molar-refractivity contribution in [1.29, 1.82) is 0 Å². The molecule has 1 saturated carbocycles. The second kappa shape index (κ2) is 6.11. The molecule has 1 aromatic heterocycles. The van der Waals surface area contributed by atoms with Crippen molar-refractivity contribution in [3.8, 4) is 0 Å². The molecule has 2 amide bonds. The third-order valence-electron chi connectivity index (χ3n) is 6.52. The van der Waals surface area contributed by atoms with E-state index in [0.29, 0.717) is 24.8 Å². The summed E-state index contributed by atoms with van der Waals surface area (Å²) in [5, 5.41) is 0.994. The van der Waals surface area contributed by atoms with Crippen molar-refractivity contribution in [2.75, 3.05) is 19.6 Å². The van der Waals surface area contributed by atoms with E-state index in [2.05, 4.69) is 4.90 Å². The van der Waals surface area contributed by atoms with E-state index in [1.165, 1.54) is 12.8 Å². The SMILES string of the molecule is Cc1ccc2c(C)c(C(=O)N3C[C@@H]4CC[C@H](C3)N(CC3CC3)C4=O)oc2c1. The lowest BCUT2D eigenvalue weighted by atomic mass is 9.94. The van der Waals surface area contributed by atoms with Crippen LogP contribution in [0.15, 0.2) is 22.6 Å². The van der Waals surface area contributed by atoms with Gasteiger partial charge < -0.3 is 14.2 Å². The Hall–Kier alpha value is -2.30. The molecule has 6 rings (SSSR count). The van der Waals surface area contributed by atoms with Gasteiger partial charge in [-0.25, -0.2) is 0 Å². The van der Waals surface area contributed by atoms with Gasteiger partial charge in [0.1, 0.15) is 5.58 Å². The van der Waals surface area contributed by atoms with Crippen LogP contribution in [0.1, 0.15) is 47.4 Å². The molecule has 2 atom stereocenters. The van der Waals surface area contributed by atoms with Gasteiger partial charge in [0.05, 0.1) is 5.92 Å². The van der Waals surface area contributed by atoms with Crippen molar-refractivity contribution >= 4 is 22.8 Å². The highest BCUT2D eigenvalue weighted by atomic mass is 16.3. The number of benzene rings is 1. The molecule has 2 aromatic rings. The summed E-state index contributed by atoms with van der Waals surface area (Å²) < 4.78 is 5.96. The molecular formula is C22H26N2O3. The molecule has 4 aliphatic rings. The van der Waals surface area contributed by atoms with Crippen LogP contribution >= 0.6 is 0 Å². The minimum atomic E-state index is -0.0701. The average Bonchev–Trinajstić information content (AvgIpc) is 3.45. The van der Waals surface area contributed by atoms with Crippen LogP contribution in [0.2, 0.25) is 0 Å². The highest BCUT2D eigenvalue weighted by Crippen LogP contribution is 2.36. The molecule has 0 spiro atoms. The summed E-state index contributed by atoms with van der Waals surface area (Å²) in [6.45, 7) is 6.00. The normalized spacial score (nSPS) is 25.3. The predicted molar refractivity (Wildman–Crippen MR) is 103 cm³/mol. The number of aryl methyl sites for hydroxylation is 2. The minimum absolute atomic E-state index is 0.0571. The number of hydrogen-bond donors (Lipinski definition) is 0. The zero-order valence-electron chi connectivity index (χ0n) is 16.0. The maximum Gasteiger partial charge on any atom is 0.289 e. The van der Waals surface area contributed by atoms with E-state index in [-0.39, 0.29) is 23.8 Å². The smallest absolute Gasteiger partial charge is 0.289 e. The van der Waals surface area contributed by atoms with Crippen LogP contribution in [0.4, 0.5) is 0 Å². The second-order valence-electron chi connectivity index (χ2n) is 8.63. The van der Waals surface area contributed by atoms with Gasteiger partial charge in [-0.1, -0.05) is 12.1 Å². The quantitative estimate of drug-likeness (QED) is 0.835. The summed E-state index contributed by atoms with van der Waals surface area (Å²) in [4.78, 5) is 30.1. The Kier molecular flexibility index (Phi) is 3.81. The van der Waals surface area contributed by atoms with E-state index in [1.807, 2.05) is 36.9 Å². The fourth-order valence-corrected chi connectivity index (χ4v) is 4.71. The van der Waals surface area contributed by atoms with Gasteiger partial charge in [-0.3, -0.25) is 9.59 Å². The Bertz CT molecular complexity index is 927. The third kappa shape index (κ3) is 2.84. The molecule has 3 aliphatic heterocycles. The molecule has 2 bridgehead atoms. The first-order valence-electron chi connectivity index (χ1n) is 10.1. The van der Waals surface area contributed by atoms with E-state index in [4.69, 9.17) is 4.42 Å². The number of piperidine rings is 1. The Balaban J connectivity index is 1.44. The largest absolute Gasteiger partial charge is 0.451 e. The molecule has 4 fully saturated rings. The van der Waals surface area contributed by atoms with Gasteiger partial charge in [0.2, 0.25) is 5.91 Å². The zero-order chi connectivity index (χ0) is 18.7. The summed E-state index contributed by atoms with van der Waals surface area (Å²) in [5.74, 6) is 1.24. The number of nitrogens with zero attached hydrogens (tertiary/aromatic N) is 2. The van der Waals surface area contributed by atoms with Crippen molar-refractivity contribution < 1.29 is 14.0 Å². The Morgan fingerprint density at radius 1 is 1.15 bits per heavy atom. The lowest BCUT2D eigenvalue weighted by molar-refractivity contribution is -0.140. The van der Waals surface area contributed by atoms with Crippen molar-refractivity contribution in [2.45, 2.75) is 45.6 Å². The van der Waals surface area contributed by atoms with E-state index >= 15 is 0 Å². The van der Waals surface area contributed by atoms with Crippen molar-refractivity contribution in [2.24, 2.45) is 11.8 Å². The minimum Gasteiger partial charge on any atom is -0.451 e. The summed E-state index contributed by atoms with van der Waals surface area (Å²) in [6.07, 6.45) is 4.38. The number of hydrogen-bond acceptors (Lipinski definition) is 3. The molecular weight excluding hydrogens is 340 g/mol. The molecule has 0 unspecified atom stereocenters. The van der Waals surface area contributed by atoms with Crippen LogP contribution in [0.25, 0.3) is 11.0 Å². The van der Waals surface area contributed by atoms with Gasteiger partial charge in [0.25, 0.3) is 5.91 Å². The van der Waals surface area contributed by atoms with Crippen LogP contribution in [-0.4, -0.2) is 47.3 Å². The maximum absolute atomic E-state index is 13.3. The fourth-order valence-electron chi connectivity index (χ4n) is 4.71. The highest BCUT2D eigenvalue weighted by molar-refractivity contribution is 5.99. The van der Waals surface area contributed by atoms with Gasteiger partial charge in [0, 0.05) is 36.6 Å². The molecule has 1 aromatic carbocycles. The Morgan fingerprint density at radius 2 is 1.96 bits per heavy atom. The van der Waals surface area contributed by atoms with Gasteiger partial charge in [0.15, 0.2) is 5.76 Å². The van der Waals surface area contributed by atoms with Gasteiger partial charge in [-0.05, 0) is 57.1 Å². The maximum atomic E-state index is 13.3. The predicted octanol–water partition coefficient (Wildman–Crippen LogP) is 3.52. The second-order valence-corrected chi connectivity index (χ2v) is 8.63. The first-order valence-corrected chi connectivity index (χ1v) is 10.1. The first-order chi connectivity index (χ1) is 13.0. The first kappa shape index (κ1) is 16.8. The molecule has 1 aliphatic carbocycles. The van der Waals surface area contributed by atoms with Gasteiger partial charge in [-0.15, -0.1) is 0 Å². The number of carbonyl (C=O) groups excluding carboxylic acids is 2. The van der Waals surface area contributed by atoms with Crippen LogP contribution in [0, 0.1) is 25.7 Å². The van der Waals surface area contributed by atoms with E-state index in [1.54, 1.807) is 0 Å². The molecule has 3 saturated heterocycles. The summed E-state index contributed by atoms with van der Waals surface area (Å²) in [5.41, 5.74) is 2.78. The van der Waals surface area contributed by atoms with Crippen molar-refractivity contribution in [1.82, 2.24) is 9.80 Å². The number of furan rings is 1. The summed E-state index contributed by atoms with van der Waals surface area (Å²) in [7, 11) is 0. The molecule has 27 heavy (non-hydrogen) atoms. The third-order valence-corrected chi connectivity index (χ3v) is 6.52. The zero-order valence-corrected chi connectivity index (χ0v) is 16.0. The van der Waals surface area contributed by atoms with Crippen LogP contribution in [-0.2, 0) is 4.79 Å². The standard InChI is InChI=1S/C22H26N2O3/c1-13-3-8-18-14(2)20(27-19(18)9-13)22(26)23-11-16-6-7-17(12-23)24(21(16)25)10-15-4-5-15/h3,8-9,15-17H,4-7,10-12H2,1-2H3/t16-,17+/m0/s1. The lowest BCUT2D eigenvalue weighted by Gasteiger charge is -2.36. The van der Waals surface area contributed by atoms with E-state index in [0.717, 1.165) is 41.5 Å². The average molecular weight is 366 g/mol. The summed E-state index contributed by atoms with van der Waals surface area (Å²) in [6, 6.07) is 6.20. The van der Waals surface area contributed by atoms with Crippen molar-refractivity contribution in [3.63, 3.8) is 0 Å². The van der Waals surface area contributed by atoms with Crippen LogP contribution in [0.5, 0.6) is 0 Å². The summed E-state index contributed by atoms with van der Waals surface area (Å²) >= 11 is 0. The van der Waals surface area contributed by atoms with Gasteiger partial charge >= 0.3 is 0 Å². The van der Waals surface area contributed by atoms with Crippen molar-refractivity contribution in [3.05, 3.63) is 35.1 Å². The topological polar surface area (TPSA) is 53.8 Å². The molecule has 5 heteroatoms. The Labute approximate surface area is 159 Å². The fraction of sp³-hybridized carbons (Fsp3) is 0.545. The molecule has 0 radical (unpaired) electrons. The number of rotatable bonds is 3. The van der Waals surface area contributed by atoms with Gasteiger partial charge in [-0.2, -0.15) is 0 Å². The van der Waals surface area contributed by atoms with Crippen LogP contribution in [0.3, 0.4) is 0 Å². The highest BCUT2D eigenvalue weighted by Gasteiger charge is 2.44. The van der Waals surface area contributed by atoms with Crippen LogP contribution < -0.4 is 0 Å². The number of amides is 2. The molecule has 4 heterocycles. The number of carbonyl (C=O) groups is 2. The Morgan fingerprint density at radius 3 is 2.74 bits per heavy atom. The lowest BCUT2D eigenvalue weighted by Crippen LogP contribution is -2.48. The molecule has 5 nitrogen and oxygen atoms in total.